The van der Waals surface area contributed by atoms with Crippen molar-refractivity contribution in [2.24, 2.45) is 11.1 Å². The van der Waals surface area contributed by atoms with Crippen molar-refractivity contribution in [1.82, 2.24) is 5.32 Å². The van der Waals surface area contributed by atoms with Gasteiger partial charge in [0.1, 0.15) is 0 Å². The van der Waals surface area contributed by atoms with Crippen molar-refractivity contribution in [3.05, 3.63) is 29.8 Å². The van der Waals surface area contributed by atoms with Crippen LogP contribution in [0.1, 0.15) is 45.7 Å². The third-order valence-corrected chi connectivity index (χ3v) is 3.52. The second-order valence-electron chi connectivity index (χ2n) is 5.73. The fourth-order valence-corrected chi connectivity index (χ4v) is 1.67. The Labute approximate surface area is 115 Å². The number of primary amides is 1. The maximum absolute atomic E-state index is 10.7. The van der Waals surface area contributed by atoms with E-state index in [-0.39, 0.29) is 6.04 Å². The van der Waals surface area contributed by atoms with Crippen LogP contribution in [0.5, 0.6) is 0 Å². The van der Waals surface area contributed by atoms with Gasteiger partial charge < -0.3 is 16.4 Å². The smallest absolute Gasteiger partial charge is 0.316 e. The molecule has 1 aromatic carbocycles. The number of carbonyl (C=O) groups excluding carboxylic acids is 1. The number of amides is 2. The van der Waals surface area contributed by atoms with Gasteiger partial charge in [0, 0.05) is 18.3 Å². The zero-order chi connectivity index (χ0) is 14.5. The van der Waals surface area contributed by atoms with Gasteiger partial charge in [-0.3, -0.25) is 0 Å². The van der Waals surface area contributed by atoms with E-state index in [2.05, 4.69) is 38.3 Å². The minimum absolute atomic E-state index is 0.286. The highest BCUT2D eigenvalue weighted by molar-refractivity contribution is 5.87. The largest absolute Gasteiger partial charge is 0.351 e. The van der Waals surface area contributed by atoms with E-state index in [0.717, 1.165) is 18.7 Å². The Balaban J connectivity index is 2.58. The average Bonchev–Trinajstić information content (AvgIpc) is 2.36. The summed E-state index contributed by atoms with van der Waals surface area (Å²) in [5.74, 6) is 0. The highest BCUT2D eigenvalue weighted by atomic mass is 16.2. The fourth-order valence-electron chi connectivity index (χ4n) is 1.67. The molecule has 1 atom stereocenters. The molecule has 0 bridgehead atoms. The van der Waals surface area contributed by atoms with E-state index in [1.807, 2.05) is 24.3 Å². The molecule has 0 aliphatic carbocycles. The molecule has 2 amide bonds. The predicted octanol–water partition coefficient (Wildman–Crippen LogP) is 3.26. The van der Waals surface area contributed by atoms with Gasteiger partial charge in [-0.15, -0.1) is 0 Å². The second-order valence-corrected chi connectivity index (χ2v) is 5.73. The number of rotatable bonds is 6. The molecule has 0 aromatic heterocycles. The van der Waals surface area contributed by atoms with Crippen LogP contribution in [-0.2, 0) is 0 Å². The number of hydrogen-bond donors (Lipinski definition) is 3. The first kappa shape index (κ1) is 15.5. The summed E-state index contributed by atoms with van der Waals surface area (Å²) >= 11 is 0. The summed E-state index contributed by atoms with van der Waals surface area (Å²) in [6, 6.07) is 7.48. The molecule has 19 heavy (non-hydrogen) atoms. The molecule has 0 fully saturated rings. The highest BCUT2D eigenvalue weighted by Crippen LogP contribution is 2.21. The van der Waals surface area contributed by atoms with Crippen LogP contribution >= 0.6 is 0 Å². The Morgan fingerprint density at radius 2 is 1.89 bits per heavy atom. The molecule has 0 spiro atoms. The maximum Gasteiger partial charge on any atom is 0.316 e. The van der Waals surface area contributed by atoms with Crippen LogP contribution in [0.25, 0.3) is 0 Å². The van der Waals surface area contributed by atoms with Gasteiger partial charge >= 0.3 is 6.03 Å². The summed E-state index contributed by atoms with van der Waals surface area (Å²) in [6.07, 6.45) is 1.15. The normalized spacial score (nSPS) is 13.1. The molecule has 0 radical (unpaired) electrons. The molecule has 4 heteroatoms. The minimum Gasteiger partial charge on any atom is -0.351 e. The Kier molecular flexibility index (Phi) is 5.36. The Morgan fingerprint density at radius 3 is 2.37 bits per heavy atom. The van der Waals surface area contributed by atoms with Crippen LogP contribution < -0.4 is 16.4 Å². The zero-order valence-corrected chi connectivity index (χ0v) is 12.3. The zero-order valence-electron chi connectivity index (χ0n) is 12.3. The molecule has 0 saturated carbocycles. The van der Waals surface area contributed by atoms with Crippen molar-refractivity contribution in [2.75, 3.05) is 11.9 Å². The lowest BCUT2D eigenvalue weighted by Crippen LogP contribution is -2.30. The van der Waals surface area contributed by atoms with Crippen molar-refractivity contribution in [1.29, 1.82) is 0 Å². The number of urea groups is 1. The molecule has 1 unspecified atom stereocenters. The van der Waals surface area contributed by atoms with E-state index in [4.69, 9.17) is 5.73 Å². The first-order valence-electron chi connectivity index (χ1n) is 6.74. The summed E-state index contributed by atoms with van der Waals surface area (Å²) in [5, 5.41) is 6.09. The quantitative estimate of drug-likeness (QED) is 0.737. The number of anilines is 1. The van der Waals surface area contributed by atoms with E-state index < -0.39 is 6.03 Å². The maximum atomic E-state index is 10.7. The molecule has 106 valence electrons. The van der Waals surface area contributed by atoms with Crippen molar-refractivity contribution in [3.8, 4) is 0 Å². The van der Waals surface area contributed by atoms with Gasteiger partial charge in [0.2, 0.25) is 0 Å². The molecule has 0 aliphatic heterocycles. The number of nitrogens with one attached hydrogen (secondary N) is 2. The van der Waals surface area contributed by atoms with Gasteiger partial charge in [-0.2, -0.15) is 0 Å². The van der Waals surface area contributed by atoms with Gasteiger partial charge in [-0.05, 0) is 36.5 Å². The molecule has 1 aromatic rings. The van der Waals surface area contributed by atoms with Crippen molar-refractivity contribution in [3.63, 3.8) is 0 Å². The van der Waals surface area contributed by atoms with Crippen LogP contribution in [0, 0.1) is 5.41 Å². The molecular formula is C15H25N3O. The minimum atomic E-state index is -0.538. The van der Waals surface area contributed by atoms with Crippen molar-refractivity contribution in [2.45, 2.75) is 40.2 Å². The summed E-state index contributed by atoms with van der Waals surface area (Å²) in [4.78, 5) is 10.7. The first-order chi connectivity index (χ1) is 8.84. The first-order valence-corrected chi connectivity index (χ1v) is 6.74. The van der Waals surface area contributed by atoms with Gasteiger partial charge in [0.15, 0.2) is 0 Å². The molecule has 4 N–H and O–H groups in total. The van der Waals surface area contributed by atoms with Crippen LogP contribution in [-0.4, -0.2) is 12.6 Å². The van der Waals surface area contributed by atoms with Gasteiger partial charge in [0.25, 0.3) is 0 Å². The Bertz CT molecular complexity index is 412. The van der Waals surface area contributed by atoms with Crippen molar-refractivity contribution < 1.29 is 4.79 Å². The van der Waals surface area contributed by atoms with Crippen LogP contribution in [0.2, 0.25) is 0 Å². The standard InChI is InChI=1S/C15H25N3O/c1-5-15(3,4)10-17-11(2)12-6-8-13(9-7-12)18-14(16)19/h6-9,11,17H,5,10H2,1-4H3,(H3,16,18,19). The summed E-state index contributed by atoms with van der Waals surface area (Å²) in [6.45, 7) is 9.84. The van der Waals surface area contributed by atoms with E-state index in [1.54, 1.807) is 0 Å². The molecular weight excluding hydrogens is 238 g/mol. The predicted molar refractivity (Wildman–Crippen MR) is 80.1 cm³/mol. The topological polar surface area (TPSA) is 67.2 Å². The van der Waals surface area contributed by atoms with E-state index >= 15 is 0 Å². The van der Waals surface area contributed by atoms with Crippen molar-refractivity contribution >= 4 is 11.7 Å². The lowest BCUT2D eigenvalue weighted by molar-refractivity contribution is 0.259. The Hall–Kier alpha value is -1.55. The summed E-state index contributed by atoms with van der Waals surface area (Å²) in [5.41, 5.74) is 7.29. The number of nitrogens with two attached hydrogens (primary N) is 1. The molecule has 1 rings (SSSR count). The second kappa shape index (κ2) is 6.57. The van der Waals surface area contributed by atoms with Gasteiger partial charge in [-0.25, -0.2) is 4.79 Å². The van der Waals surface area contributed by atoms with Gasteiger partial charge in [0.05, 0.1) is 0 Å². The molecule has 0 aliphatic rings. The van der Waals surface area contributed by atoms with E-state index in [0.29, 0.717) is 5.41 Å². The fraction of sp³-hybridized carbons (Fsp3) is 0.533. The average molecular weight is 263 g/mol. The molecule has 0 heterocycles. The number of hydrogen-bond acceptors (Lipinski definition) is 2. The van der Waals surface area contributed by atoms with E-state index in [1.165, 1.54) is 5.56 Å². The van der Waals surface area contributed by atoms with Crippen LogP contribution in [0.4, 0.5) is 10.5 Å². The number of carbonyl (C=O) groups is 1. The lowest BCUT2D eigenvalue weighted by Gasteiger charge is -2.26. The monoisotopic (exact) mass is 263 g/mol. The Morgan fingerprint density at radius 1 is 1.32 bits per heavy atom. The summed E-state index contributed by atoms with van der Waals surface area (Å²) < 4.78 is 0. The lowest BCUT2D eigenvalue weighted by atomic mass is 9.90. The number of benzene rings is 1. The third kappa shape index (κ3) is 5.30. The van der Waals surface area contributed by atoms with Crippen LogP contribution in [0.3, 0.4) is 0 Å². The summed E-state index contributed by atoms with van der Waals surface area (Å²) in [7, 11) is 0. The molecule has 4 nitrogen and oxygen atoms in total. The van der Waals surface area contributed by atoms with Gasteiger partial charge in [-0.1, -0.05) is 32.9 Å². The van der Waals surface area contributed by atoms with Crippen LogP contribution in [0.15, 0.2) is 24.3 Å². The highest BCUT2D eigenvalue weighted by Gasteiger charge is 2.16. The third-order valence-electron chi connectivity index (χ3n) is 3.52. The van der Waals surface area contributed by atoms with E-state index in [9.17, 15) is 4.79 Å². The molecule has 0 saturated heterocycles. The SMILES string of the molecule is CCC(C)(C)CNC(C)c1ccc(NC(N)=O)cc1.